The molecule has 0 bridgehead atoms. The molecule has 6 nitrogen and oxygen atoms in total. The predicted octanol–water partition coefficient (Wildman–Crippen LogP) is 2.51. The number of aliphatic hydroxyl groups excluding tert-OH is 4. The lowest BCUT2D eigenvalue weighted by Gasteiger charge is -2.43. The van der Waals surface area contributed by atoms with Crippen molar-refractivity contribution in [2.75, 3.05) is 6.61 Å². The molecule has 3 aromatic carbocycles. The molecule has 1 saturated heterocycles. The zero-order valence-electron chi connectivity index (χ0n) is 18.2. The van der Waals surface area contributed by atoms with Gasteiger partial charge in [-0.2, -0.15) is 5.26 Å². The fraction of sp³-hybridized carbons (Fsp3) is 0.296. The SMILES string of the molecule is Cc1cc(-c2cccc(C#N)c2)ccc1[C@@H](c1ccccc1)[C@H]1O[C@H](CO)[C@@H](O)[C@H](O)[C@@H]1O. The van der Waals surface area contributed by atoms with Crippen molar-refractivity contribution in [3.63, 3.8) is 0 Å². The molecule has 6 heteroatoms. The third-order valence-electron chi connectivity index (χ3n) is 6.35. The molecule has 0 unspecified atom stereocenters. The van der Waals surface area contributed by atoms with E-state index in [1.54, 1.807) is 6.07 Å². The smallest absolute Gasteiger partial charge is 0.111 e. The average molecular weight is 446 g/mol. The van der Waals surface area contributed by atoms with Crippen LogP contribution in [0, 0.1) is 18.3 Å². The van der Waals surface area contributed by atoms with Crippen molar-refractivity contribution in [2.45, 2.75) is 43.4 Å². The second-order valence-corrected chi connectivity index (χ2v) is 8.45. The van der Waals surface area contributed by atoms with E-state index < -0.39 is 43.0 Å². The van der Waals surface area contributed by atoms with Gasteiger partial charge < -0.3 is 25.2 Å². The average Bonchev–Trinajstić information content (AvgIpc) is 2.85. The molecule has 0 radical (unpaired) electrons. The first-order chi connectivity index (χ1) is 15.9. The van der Waals surface area contributed by atoms with Gasteiger partial charge in [0, 0.05) is 5.92 Å². The van der Waals surface area contributed by atoms with E-state index in [2.05, 4.69) is 6.07 Å². The molecule has 0 aliphatic carbocycles. The highest BCUT2D eigenvalue weighted by atomic mass is 16.5. The van der Waals surface area contributed by atoms with Gasteiger partial charge in [0.2, 0.25) is 0 Å². The molecule has 3 aromatic rings. The van der Waals surface area contributed by atoms with Gasteiger partial charge in [-0.15, -0.1) is 0 Å². The van der Waals surface area contributed by atoms with E-state index in [1.165, 1.54) is 0 Å². The van der Waals surface area contributed by atoms with E-state index in [-0.39, 0.29) is 0 Å². The number of hydrogen-bond donors (Lipinski definition) is 4. The Morgan fingerprint density at radius 1 is 0.879 bits per heavy atom. The number of ether oxygens (including phenoxy) is 1. The summed E-state index contributed by atoms with van der Waals surface area (Å²) >= 11 is 0. The van der Waals surface area contributed by atoms with Gasteiger partial charge in [-0.25, -0.2) is 0 Å². The third kappa shape index (κ3) is 4.55. The monoisotopic (exact) mass is 445 g/mol. The van der Waals surface area contributed by atoms with Crippen LogP contribution < -0.4 is 0 Å². The Kier molecular flexibility index (Phi) is 6.89. The number of aliphatic hydroxyl groups is 4. The molecule has 1 aliphatic heterocycles. The van der Waals surface area contributed by atoms with E-state index >= 15 is 0 Å². The number of benzene rings is 3. The Hall–Kier alpha value is -3.05. The lowest BCUT2D eigenvalue weighted by atomic mass is 9.78. The molecule has 1 aliphatic rings. The van der Waals surface area contributed by atoms with Gasteiger partial charge >= 0.3 is 0 Å². The van der Waals surface area contributed by atoms with Gasteiger partial charge in [-0.1, -0.05) is 60.7 Å². The van der Waals surface area contributed by atoms with Crippen molar-refractivity contribution >= 4 is 0 Å². The quantitative estimate of drug-likeness (QED) is 0.480. The van der Waals surface area contributed by atoms with Crippen LogP contribution in [0.5, 0.6) is 0 Å². The van der Waals surface area contributed by atoms with Crippen LogP contribution >= 0.6 is 0 Å². The summed E-state index contributed by atoms with van der Waals surface area (Å²) in [5.74, 6) is -0.447. The Morgan fingerprint density at radius 3 is 2.27 bits per heavy atom. The van der Waals surface area contributed by atoms with Crippen molar-refractivity contribution < 1.29 is 25.2 Å². The summed E-state index contributed by atoms with van der Waals surface area (Å²) < 4.78 is 5.96. The summed E-state index contributed by atoms with van der Waals surface area (Å²) in [4.78, 5) is 0. The van der Waals surface area contributed by atoms with Crippen LogP contribution in [-0.2, 0) is 4.74 Å². The maximum absolute atomic E-state index is 10.8. The summed E-state index contributed by atoms with van der Waals surface area (Å²) in [5.41, 5.74) is 5.18. The number of hydrogen-bond acceptors (Lipinski definition) is 6. The molecule has 1 fully saturated rings. The molecule has 33 heavy (non-hydrogen) atoms. The molecule has 0 aromatic heterocycles. The van der Waals surface area contributed by atoms with E-state index in [0.717, 1.165) is 27.8 Å². The first-order valence-corrected chi connectivity index (χ1v) is 10.9. The van der Waals surface area contributed by atoms with E-state index in [9.17, 15) is 25.7 Å². The van der Waals surface area contributed by atoms with Crippen LogP contribution in [0.4, 0.5) is 0 Å². The van der Waals surface area contributed by atoms with Crippen LogP contribution in [0.1, 0.15) is 28.2 Å². The van der Waals surface area contributed by atoms with E-state index in [1.807, 2.05) is 73.7 Å². The minimum Gasteiger partial charge on any atom is -0.394 e. The fourth-order valence-corrected chi connectivity index (χ4v) is 4.58. The highest BCUT2D eigenvalue weighted by molar-refractivity contribution is 5.67. The zero-order chi connectivity index (χ0) is 23.5. The normalized spacial score (nSPS) is 25.9. The lowest BCUT2D eigenvalue weighted by Crippen LogP contribution is -2.60. The summed E-state index contributed by atoms with van der Waals surface area (Å²) in [5, 5.41) is 50.4. The van der Waals surface area contributed by atoms with Crippen LogP contribution in [0.25, 0.3) is 11.1 Å². The van der Waals surface area contributed by atoms with Crippen molar-refractivity contribution in [3.8, 4) is 17.2 Å². The third-order valence-corrected chi connectivity index (χ3v) is 6.35. The maximum atomic E-state index is 10.8. The summed E-state index contributed by atoms with van der Waals surface area (Å²) in [6.45, 7) is 1.49. The molecular formula is C27H27NO5. The van der Waals surface area contributed by atoms with Gasteiger partial charge in [0.05, 0.1) is 24.3 Å². The number of rotatable bonds is 5. The number of nitriles is 1. The molecule has 0 spiro atoms. The van der Waals surface area contributed by atoms with Crippen molar-refractivity contribution in [1.82, 2.24) is 0 Å². The molecule has 4 rings (SSSR count). The molecule has 170 valence electrons. The standard InChI is InChI=1S/C27H27NO5/c1-16-12-20(19-9-5-6-17(13-19)14-28)10-11-21(16)23(18-7-3-2-4-8-18)27-26(32)25(31)24(30)22(15-29)33-27/h2-13,22-27,29-32H,15H2,1H3/t22-,23-,24-,25+,26+,27-/m1/s1. The van der Waals surface area contributed by atoms with Crippen LogP contribution in [0.2, 0.25) is 0 Å². The second-order valence-electron chi connectivity index (χ2n) is 8.45. The van der Waals surface area contributed by atoms with Crippen molar-refractivity contribution in [1.29, 1.82) is 5.26 Å². The van der Waals surface area contributed by atoms with Gasteiger partial charge in [-0.05, 0) is 46.9 Å². The molecule has 0 amide bonds. The Labute approximate surface area is 193 Å². The fourth-order valence-electron chi connectivity index (χ4n) is 4.58. The number of nitrogens with zero attached hydrogens (tertiary/aromatic N) is 1. The summed E-state index contributed by atoms with van der Waals surface area (Å²) in [6, 6.07) is 25.0. The Morgan fingerprint density at radius 2 is 1.61 bits per heavy atom. The number of aryl methyl sites for hydroxylation is 1. The summed E-state index contributed by atoms with van der Waals surface area (Å²) in [6.07, 6.45) is -6.06. The molecule has 1 heterocycles. The van der Waals surface area contributed by atoms with Crippen LogP contribution in [-0.4, -0.2) is 57.6 Å². The molecule has 4 N–H and O–H groups in total. The largest absolute Gasteiger partial charge is 0.394 e. The van der Waals surface area contributed by atoms with Gasteiger partial charge in [0.15, 0.2) is 0 Å². The van der Waals surface area contributed by atoms with Crippen LogP contribution in [0.15, 0.2) is 72.8 Å². The lowest BCUT2D eigenvalue weighted by molar-refractivity contribution is -0.232. The minimum absolute atomic E-state index is 0.447. The predicted molar refractivity (Wildman–Crippen MR) is 123 cm³/mol. The highest BCUT2D eigenvalue weighted by Gasteiger charge is 2.47. The second kappa shape index (κ2) is 9.84. The van der Waals surface area contributed by atoms with Crippen molar-refractivity contribution in [3.05, 3.63) is 95.1 Å². The van der Waals surface area contributed by atoms with Gasteiger partial charge in [0.25, 0.3) is 0 Å². The first kappa shape index (κ1) is 23.1. The van der Waals surface area contributed by atoms with Crippen LogP contribution in [0.3, 0.4) is 0 Å². The zero-order valence-corrected chi connectivity index (χ0v) is 18.2. The topological polar surface area (TPSA) is 114 Å². The molecular weight excluding hydrogens is 418 g/mol. The molecule has 6 atom stereocenters. The van der Waals surface area contributed by atoms with E-state index in [4.69, 9.17) is 4.74 Å². The maximum Gasteiger partial charge on any atom is 0.111 e. The highest BCUT2D eigenvalue weighted by Crippen LogP contribution is 2.38. The minimum atomic E-state index is -1.44. The Balaban J connectivity index is 1.78. The first-order valence-electron chi connectivity index (χ1n) is 10.9. The Bertz CT molecular complexity index is 1140. The summed E-state index contributed by atoms with van der Waals surface area (Å²) in [7, 11) is 0. The van der Waals surface area contributed by atoms with E-state index in [0.29, 0.717) is 5.56 Å². The van der Waals surface area contributed by atoms with Gasteiger partial charge in [-0.3, -0.25) is 0 Å². The molecule has 0 saturated carbocycles. The van der Waals surface area contributed by atoms with Gasteiger partial charge in [0.1, 0.15) is 24.4 Å². The van der Waals surface area contributed by atoms with Crippen molar-refractivity contribution in [2.24, 2.45) is 0 Å².